The lowest BCUT2D eigenvalue weighted by atomic mass is 11.5. The Labute approximate surface area is 42.2 Å². The smallest absolute Gasteiger partial charge is 0.450 e. The summed E-state index contributed by atoms with van der Waals surface area (Å²) in [5, 5.41) is 13.9. The third-order valence-corrected chi connectivity index (χ3v) is 0. The minimum absolute atomic E-state index is 1.08. The van der Waals surface area contributed by atoms with Crippen molar-refractivity contribution in [2.75, 3.05) is 0 Å². The Morgan fingerprint density at radius 3 is 1.29 bits per heavy atom. The molecule has 6 heteroatoms. The van der Waals surface area contributed by atoms with E-state index in [1.807, 2.05) is 0 Å². The molecule has 0 radical (unpaired) electrons. The SMILES string of the molecule is O=C(O)O.O=[SH-]=O. The molecule has 0 aromatic carbocycles. The monoisotopic (exact) mass is 127 g/mol. The number of hydrogen-bond donors (Lipinski definition) is 2. The van der Waals surface area contributed by atoms with Gasteiger partial charge in [0.1, 0.15) is 0 Å². The number of carbonyl (C=O) groups is 1. The molecule has 0 saturated carbocycles. The first kappa shape index (κ1) is 9.52. The zero-order chi connectivity index (χ0) is 6.28. The summed E-state index contributed by atoms with van der Waals surface area (Å²) in [6, 6.07) is 0. The molecule has 0 aliphatic heterocycles. The molecule has 0 heterocycles. The first-order valence-corrected chi connectivity index (χ1v) is 1.75. The second-order valence-corrected chi connectivity index (χ2v) is 0.506. The summed E-state index contributed by atoms with van der Waals surface area (Å²) in [5.74, 6) is 0. The highest BCUT2D eigenvalue weighted by Gasteiger charge is 1.70. The maximum Gasteiger partial charge on any atom is 0.503 e. The number of thiol groups is 1. The van der Waals surface area contributed by atoms with Crippen molar-refractivity contribution in [3.63, 3.8) is 0 Å². The molecule has 0 fully saturated rings. The van der Waals surface area contributed by atoms with Crippen molar-refractivity contribution >= 4 is 17.7 Å². The molecule has 0 aromatic heterocycles. The van der Waals surface area contributed by atoms with Gasteiger partial charge < -0.3 is 18.6 Å². The van der Waals surface area contributed by atoms with Crippen molar-refractivity contribution < 1.29 is 23.4 Å². The van der Waals surface area contributed by atoms with Crippen molar-refractivity contribution in [1.29, 1.82) is 0 Å². The van der Waals surface area contributed by atoms with E-state index in [9.17, 15) is 0 Å². The highest BCUT2D eigenvalue weighted by molar-refractivity contribution is 7.51. The van der Waals surface area contributed by atoms with E-state index in [1.165, 1.54) is 0 Å². The lowest BCUT2D eigenvalue weighted by Crippen LogP contribution is -1.81. The average Bonchev–Trinajstić information content (AvgIpc) is 1.33. The van der Waals surface area contributed by atoms with Gasteiger partial charge in [-0.1, -0.05) is 11.6 Å². The van der Waals surface area contributed by atoms with Gasteiger partial charge in [0.25, 0.3) is 0 Å². The Hall–Kier alpha value is -0.780. The highest BCUT2D eigenvalue weighted by atomic mass is 32.1. The summed E-state index contributed by atoms with van der Waals surface area (Å²) in [4.78, 5) is 8.56. The van der Waals surface area contributed by atoms with Gasteiger partial charge in [-0.15, -0.1) is 0 Å². The second kappa shape index (κ2) is 8.97. The van der Waals surface area contributed by atoms with E-state index < -0.39 is 17.7 Å². The quantitative estimate of drug-likeness (QED) is 0.344. The lowest BCUT2D eigenvalue weighted by molar-refractivity contribution is 0.137. The van der Waals surface area contributed by atoms with Gasteiger partial charge in [0.15, 0.2) is 0 Å². The summed E-state index contributed by atoms with van der Waals surface area (Å²) in [5.41, 5.74) is 0. The zero-order valence-corrected chi connectivity index (χ0v) is 3.96. The molecular weight excluding hydrogens is 124 g/mol. The van der Waals surface area contributed by atoms with E-state index >= 15 is 0 Å². The van der Waals surface area contributed by atoms with E-state index in [2.05, 4.69) is 0 Å². The van der Waals surface area contributed by atoms with Crippen LogP contribution in [0.3, 0.4) is 0 Å². The standard InChI is InChI=1S/CH2O3.HO2S/c2-1(3)4;1-3-2/h(H2,2,3,4);3H/q;-1. The fourth-order valence-corrected chi connectivity index (χ4v) is 0. The van der Waals surface area contributed by atoms with Crippen LogP contribution >= 0.6 is 0 Å². The summed E-state index contributed by atoms with van der Waals surface area (Å²) in [6.45, 7) is 0. The van der Waals surface area contributed by atoms with Crippen molar-refractivity contribution in [3.8, 4) is 0 Å². The average molecular weight is 127 g/mol. The molecular formula is CH3O5S-. The van der Waals surface area contributed by atoms with Crippen LogP contribution in [0.4, 0.5) is 4.79 Å². The molecule has 0 rings (SSSR count). The minimum Gasteiger partial charge on any atom is -0.450 e. The van der Waals surface area contributed by atoms with E-state index in [-0.39, 0.29) is 0 Å². The van der Waals surface area contributed by atoms with E-state index in [4.69, 9.17) is 23.4 Å². The van der Waals surface area contributed by atoms with Crippen LogP contribution < -0.4 is 0 Å². The van der Waals surface area contributed by atoms with Gasteiger partial charge in [-0.2, -0.15) is 0 Å². The van der Waals surface area contributed by atoms with Gasteiger partial charge in [0.05, 0.1) is 0 Å². The van der Waals surface area contributed by atoms with Gasteiger partial charge in [0, 0.05) is 0 Å². The van der Waals surface area contributed by atoms with Crippen LogP contribution in [-0.2, 0) is 20.0 Å². The summed E-state index contributed by atoms with van der Waals surface area (Å²) in [6.07, 6.45) is -1.83. The molecule has 0 unspecified atom stereocenters. The van der Waals surface area contributed by atoms with Crippen LogP contribution in [-0.4, -0.2) is 16.4 Å². The van der Waals surface area contributed by atoms with Gasteiger partial charge >= 0.3 is 6.16 Å². The van der Waals surface area contributed by atoms with Crippen LogP contribution in [0.15, 0.2) is 0 Å². The lowest BCUT2D eigenvalue weighted by Gasteiger charge is -1.60. The Bertz CT molecular complexity index is 76.1. The predicted molar refractivity (Wildman–Crippen MR) is 20.8 cm³/mol. The molecule has 0 aliphatic rings. The molecule has 0 aliphatic carbocycles. The van der Waals surface area contributed by atoms with E-state index in [1.54, 1.807) is 0 Å². The molecule has 0 aromatic rings. The first-order valence-electron chi connectivity index (χ1n) is 1.02. The van der Waals surface area contributed by atoms with Crippen molar-refractivity contribution in [2.45, 2.75) is 0 Å². The predicted octanol–water partition coefficient (Wildman–Crippen LogP) is -0.285. The van der Waals surface area contributed by atoms with Crippen LogP contribution in [0.1, 0.15) is 0 Å². The Balaban J connectivity index is 0. The largest absolute Gasteiger partial charge is 0.503 e. The van der Waals surface area contributed by atoms with Gasteiger partial charge in [0.2, 0.25) is 0 Å². The molecule has 0 spiro atoms. The van der Waals surface area contributed by atoms with Gasteiger partial charge in [-0.25, -0.2) is 4.79 Å². The van der Waals surface area contributed by atoms with Crippen LogP contribution in [0, 0.1) is 0 Å². The summed E-state index contributed by atoms with van der Waals surface area (Å²) in [7, 11) is 0. The molecule has 0 bridgehead atoms. The molecule has 0 amide bonds. The van der Waals surface area contributed by atoms with Crippen molar-refractivity contribution in [1.82, 2.24) is 0 Å². The van der Waals surface area contributed by atoms with Crippen LogP contribution in [0.25, 0.3) is 0 Å². The normalized spacial score (nSPS) is 5.71. The highest BCUT2D eigenvalue weighted by Crippen LogP contribution is 1.42. The molecule has 2 N–H and O–H groups in total. The number of hydrogen-bond acceptors (Lipinski definition) is 4. The number of rotatable bonds is 0. The maximum absolute atomic E-state index is 8.56. The number of carboxylic acid groups (broad SMARTS) is 2. The third kappa shape index (κ3) is 89.0. The summed E-state index contributed by atoms with van der Waals surface area (Å²) >= 11 is -1.08. The maximum atomic E-state index is 8.56. The van der Waals surface area contributed by atoms with Gasteiger partial charge in [-0.05, 0) is 0 Å². The minimum atomic E-state index is -1.83. The van der Waals surface area contributed by atoms with Crippen molar-refractivity contribution in [2.24, 2.45) is 0 Å². The summed E-state index contributed by atoms with van der Waals surface area (Å²) < 4.78 is 16.7. The Morgan fingerprint density at radius 1 is 1.29 bits per heavy atom. The van der Waals surface area contributed by atoms with Crippen LogP contribution in [0.2, 0.25) is 0 Å². The van der Waals surface area contributed by atoms with E-state index in [0.717, 1.165) is 0 Å². The fourth-order valence-electron chi connectivity index (χ4n) is 0. The molecule has 0 atom stereocenters. The first-order chi connectivity index (χ1) is 3.15. The second-order valence-electron chi connectivity index (χ2n) is 0.357. The molecule has 7 heavy (non-hydrogen) atoms. The zero-order valence-electron chi connectivity index (χ0n) is 3.07. The molecule has 5 nitrogen and oxygen atoms in total. The Kier molecular flexibility index (Phi) is 12.2. The van der Waals surface area contributed by atoms with E-state index in [0.29, 0.717) is 0 Å². The van der Waals surface area contributed by atoms with Gasteiger partial charge in [-0.3, -0.25) is 0 Å². The topological polar surface area (TPSA) is 91.7 Å². The third-order valence-electron chi connectivity index (χ3n) is 0. The molecule has 0 saturated heterocycles. The molecule has 44 valence electrons. The van der Waals surface area contributed by atoms with Crippen LogP contribution in [0.5, 0.6) is 0 Å². The van der Waals surface area contributed by atoms with Crippen molar-refractivity contribution in [3.05, 3.63) is 0 Å². The Morgan fingerprint density at radius 2 is 1.29 bits per heavy atom. The fraction of sp³-hybridized carbons (Fsp3) is 0.